The standard InChI is InChI=1S/C13H17N3OS/c1-3-14-7-13-16-11(9-18-13)8-17-12-5-4-10(2)15-6-12/h4-6,9,14H,3,7-8H2,1-2H3. The lowest BCUT2D eigenvalue weighted by atomic mass is 10.4. The number of rotatable bonds is 6. The molecule has 0 saturated heterocycles. The van der Waals surface area contributed by atoms with Gasteiger partial charge < -0.3 is 10.1 Å². The minimum Gasteiger partial charge on any atom is -0.486 e. The van der Waals surface area contributed by atoms with Gasteiger partial charge >= 0.3 is 0 Å². The summed E-state index contributed by atoms with van der Waals surface area (Å²) in [6.45, 7) is 6.32. The molecule has 0 saturated carbocycles. The summed E-state index contributed by atoms with van der Waals surface area (Å²) in [7, 11) is 0. The van der Waals surface area contributed by atoms with Crippen LogP contribution in [0.3, 0.4) is 0 Å². The average molecular weight is 263 g/mol. The van der Waals surface area contributed by atoms with Crippen molar-refractivity contribution in [3.05, 3.63) is 40.1 Å². The molecule has 2 aromatic rings. The number of thiazole rings is 1. The van der Waals surface area contributed by atoms with Crippen LogP contribution in [0.2, 0.25) is 0 Å². The largest absolute Gasteiger partial charge is 0.486 e. The van der Waals surface area contributed by atoms with E-state index < -0.39 is 0 Å². The van der Waals surface area contributed by atoms with Crippen molar-refractivity contribution < 1.29 is 4.74 Å². The van der Waals surface area contributed by atoms with Crippen LogP contribution in [0.1, 0.15) is 23.3 Å². The third-order valence-corrected chi connectivity index (χ3v) is 3.29. The summed E-state index contributed by atoms with van der Waals surface area (Å²) in [6.07, 6.45) is 1.74. The first kappa shape index (κ1) is 13.0. The van der Waals surface area contributed by atoms with Crippen LogP contribution in [0, 0.1) is 6.92 Å². The Bertz CT molecular complexity index is 481. The van der Waals surface area contributed by atoms with E-state index in [-0.39, 0.29) is 0 Å². The summed E-state index contributed by atoms with van der Waals surface area (Å²) in [5, 5.41) is 6.39. The molecule has 2 heterocycles. The molecule has 0 aromatic carbocycles. The Balaban J connectivity index is 1.86. The zero-order valence-electron chi connectivity index (χ0n) is 10.6. The lowest BCUT2D eigenvalue weighted by molar-refractivity contribution is 0.300. The van der Waals surface area contributed by atoms with Gasteiger partial charge in [-0.25, -0.2) is 4.98 Å². The number of ether oxygens (including phenoxy) is 1. The van der Waals surface area contributed by atoms with Crippen molar-refractivity contribution in [1.82, 2.24) is 15.3 Å². The first-order valence-corrected chi connectivity index (χ1v) is 6.85. The van der Waals surface area contributed by atoms with E-state index in [1.807, 2.05) is 24.4 Å². The van der Waals surface area contributed by atoms with Gasteiger partial charge in [-0.15, -0.1) is 11.3 Å². The maximum Gasteiger partial charge on any atom is 0.138 e. The minimum atomic E-state index is 0.493. The number of hydrogen-bond acceptors (Lipinski definition) is 5. The summed E-state index contributed by atoms with van der Waals surface area (Å²) in [5.74, 6) is 0.779. The van der Waals surface area contributed by atoms with E-state index in [0.717, 1.165) is 35.2 Å². The first-order chi connectivity index (χ1) is 8.78. The quantitative estimate of drug-likeness (QED) is 0.870. The van der Waals surface area contributed by atoms with Crippen LogP contribution in [0.25, 0.3) is 0 Å². The average Bonchev–Trinajstić information content (AvgIpc) is 2.84. The SMILES string of the molecule is CCNCc1nc(COc2ccc(C)nc2)cs1. The third kappa shape index (κ3) is 3.78. The molecule has 1 N–H and O–H groups in total. The van der Waals surface area contributed by atoms with Crippen molar-refractivity contribution in [3.63, 3.8) is 0 Å². The molecule has 0 fully saturated rings. The summed E-state index contributed by atoms with van der Waals surface area (Å²) >= 11 is 1.66. The Morgan fingerprint density at radius 3 is 3.00 bits per heavy atom. The molecule has 5 heteroatoms. The minimum absolute atomic E-state index is 0.493. The highest BCUT2D eigenvalue weighted by molar-refractivity contribution is 7.09. The fraction of sp³-hybridized carbons (Fsp3) is 0.385. The predicted octanol–water partition coefficient (Wildman–Crippen LogP) is 2.54. The van der Waals surface area contributed by atoms with E-state index in [1.165, 1.54) is 0 Å². The Morgan fingerprint density at radius 2 is 2.28 bits per heavy atom. The summed E-state index contributed by atoms with van der Waals surface area (Å²) in [4.78, 5) is 8.68. The fourth-order valence-corrected chi connectivity index (χ4v) is 2.17. The van der Waals surface area contributed by atoms with Crippen molar-refractivity contribution in [2.45, 2.75) is 27.0 Å². The smallest absolute Gasteiger partial charge is 0.138 e. The maximum atomic E-state index is 5.63. The van der Waals surface area contributed by atoms with Gasteiger partial charge in [-0.05, 0) is 25.6 Å². The van der Waals surface area contributed by atoms with Gasteiger partial charge in [0.25, 0.3) is 0 Å². The Hall–Kier alpha value is -1.46. The molecular weight excluding hydrogens is 246 g/mol. The van der Waals surface area contributed by atoms with Gasteiger partial charge in [0.1, 0.15) is 17.4 Å². The first-order valence-electron chi connectivity index (χ1n) is 5.97. The van der Waals surface area contributed by atoms with Crippen molar-refractivity contribution >= 4 is 11.3 Å². The van der Waals surface area contributed by atoms with Crippen LogP contribution in [0.15, 0.2) is 23.7 Å². The molecule has 0 aliphatic rings. The van der Waals surface area contributed by atoms with Gasteiger partial charge in [0.05, 0.1) is 11.9 Å². The second kappa shape index (κ2) is 6.47. The zero-order chi connectivity index (χ0) is 12.8. The molecule has 0 aliphatic heterocycles. The van der Waals surface area contributed by atoms with Crippen LogP contribution in [0.4, 0.5) is 0 Å². The number of nitrogens with one attached hydrogen (secondary N) is 1. The van der Waals surface area contributed by atoms with E-state index >= 15 is 0 Å². The Kier molecular flexibility index (Phi) is 4.66. The van der Waals surface area contributed by atoms with E-state index in [2.05, 4.69) is 22.2 Å². The normalized spacial score (nSPS) is 10.6. The maximum absolute atomic E-state index is 5.63. The zero-order valence-corrected chi connectivity index (χ0v) is 11.5. The molecule has 2 rings (SSSR count). The van der Waals surface area contributed by atoms with Gasteiger partial charge in [-0.2, -0.15) is 0 Å². The number of pyridine rings is 1. The van der Waals surface area contributed by atoms with Crippen molar-refractivity contribution in [3.8, 4) is 5.75 Å². The highest BCUT2D eigenvalue weighted by Crippen LogP contribution is 2.14. The lowest BCUT2D eigenvalue weighted by Gasteiger charge is -2.03. The summed E-state index contributed by atoms with van der Waals surface area (Å²) < 4.78 is 5.63. The molecule has 4 nitrogen and oxygen atoms in total. The molecule has 0 radical (unpaired) electrons. The second-order valence-corrected chi connectivity index (χ2v) is 4.88. The Labute approximate surface area is 111 Å². The van der Waals surface area contributed by atoms with Crippen LogP contribution in [0.5, 0.6) is 5.75 Å². The van der Waals surface area contributed by atoms with Gasteiger partial charge in [0, 0.05) is 17.6 Å². The van der Waals surface area contributed by atoms with Crippen LogP contribution < -0.4 is 10.1 Å². The molecule has 0 aliphatic carbocycles. The van der Waals surface area contributed by atoms with E-state index in [1.54, 1.807) is 17.5 Å². The monoisotopic (exact) mass is 263 g/mol. The topological polar surface area (TPSA) is 47.0 Å². The summed E-state index contributed by atoms with van der Waals surface area (Å²) in [6, 6.07) is 3.86. The molecule has 0 bridgehead atoms. The van der Waals surface area contributed by atoms with Gasteiger partial charge in [-0.3, -0.25) is 4.98 Å². The highest BCUT2D eigenvalue weighted by atomic mass is 32.1. The molecule has 0 atom stereocenters. The lowest BCUT2D eigenvalue weighted by Crippen LogP contribution is -2.11. The van der Waals surface area contributed by atoms with E-state index in [0.29, 0.717) is 6.61 Å². The van der Waals surface area contributed by atoms with Crippen LogP contribution >= 0.6 is 11.3 Å². The number of nitrogens with zero attached hydrogens (tertiary/aromatic N) is 2. The predicted molar refractivity (Wildman–Crippen MR) is 72.8 cm³/mol. The van der Waals surface area contributed by atoms with E-state index in [4.69, 9.17) is 4.74 Å². The molecule has 0 unspecified atom stereocenters. The number of aromatic nitrogens is 2. The summed E-state index contributed by atoms with van der Waals surface area (Å²) in [5.41, 5.74) is 1.96. The van der Waals surface area contributed by atoms with Crippen LogP contribution in [-0.2, 0) is 13.2 Å². The molecule has 2 aromatic heterocycles. The molecule has 18 heavy (non-hydrogen) atoms. The van der Waals surface area contributed by atoms with Gasteiger partial charge in [-0.1, -0.05) is 6.92 Å². The molecule has 0 amide bonds. The fourth-order valence-electron chi connectivity index (χ4n) is 1.43. The number of aryl methyl sites for hydroxylation is 1. The Morgan fingerprint density at radius 1 is 1.39 bits per heavy atom. The molecule has 0 spiro atoms. The van der Waals surface area contributed by atoms with Crippen molar-refractivity contribution in [2.24, 2.45) is 0 Å². The van der Waals surface area contributed by atoms with Gasteiger partial charge in [0.2, 0.25) is 0 Å². The highest BCUT2D eigenvalue weighted by Gasteiger charge is 2.02. The third-order valence-electron chi connectivity index (χ3n) is 2.40. The second-order valence-electron chi connectivity index (χ2n) is 3.94. The van der Waals surface area contributed by atoms with Gasteiger partial charge in [0.15, 0.2) is 0 Å². The van der Waals surface area contributed by atoms with Crippen LogP contribution in [-0.4, -0.2) is 16.5 Å². The van der Waals surface area contributed by atoms with Crippen molar-refractivity contribution in [1.29, 1.82) is 0 Å². The number of hydrogen-bond donors (Lipinski definition) is 1. The molecular formula is C13H17N3OS. The van der Waals surface area contributed by atoms with E-state index in [9.17, 15) is 0 Å². The van der Waals surface area contributed by atoms with Crippen molar-refractivity contribution in [2.75, 3.05) is 6.54 Å². The molecule has 96 valence electrons.